The maximum atomic E-state index is 12.5. The van der Waals surface area contributed by atoms with E-state index in [1.54, 1.807) is 18.3 Å². The molecular weight excluding hydrogens is 258 g/mol. The Kier molecular flexibility index (Phi) is 2.94. The Hall–Kier alpha value is -2.70. The van der Waals surface area contributed by atoms with Crippen LogP contribution in [0.4, 0.5) is 0 Å². The lowest BCUT2D eigenvalue weighted by molar-refractivity contribution is 0.245. The number of fused-ring (bicyclic) bond motifs is 1. The van der Waals surface area contributed by atoms with Crippen LogP contribution in [0.15, 0.2) is 29.2 Å². The van der Waals surface area contributed by atoms with Crippen molar-refractivity contribution >= 4 is 10.9 Å². The van der Waals surface area contributed by atoms with Gasteiger partial charge < -0.3 is 9.72 Å². The Labute approximate surface area is 114 Å². The smallest absolute Gasteiger partial charge is 0.210 e. The number of aromatic amines is 2. The number of tetrazole rings is 1. The Balaban J connectivity index is 2.22. The summed E-state index contributed by atoms with van der Waals surface area (Å²) in [6.07, 6.45) is 1.60. The molecule has 3 rings (SSSR count). The van der Waals surface area contributed by atoms with Crippen molar-refractivity contribution in [2.45, 2.75) is 20.0 Å². The molecule has 0 spiro atoms. The minimum absolute atomic E-state index is 0.0287. The number of benzene rings is 1. The molecule has 2 N–H and O–H groups in total. The summed E-state index contributed by atoms with van der Waals surface area (Å²) < 4.78 is 5.69. The Morgan fingerprint density at radius 1 is 1.30 bits per heavy atom. The van der Waals surface area contributed by atoms with Crippen molar-refractivity contribution in [1.29, 1.82) is 0 Å². The molecule has 0 aliphatic heterocycles. The summed E-state index contributed by atoms with van der Waals surface area (Å²) in [6.45, 7) is 3.87. The summed E-state index contributed by atoms with van der Waals surface area (Å²) in [5.74, 6) is 0.914. The first-order valence-electron chi connectivity index (χ1n) is 6.21. The number of pyridine rings is 1. The molecule has 20 heavy (non-hydrogen) atoms. The zero-order valence-corrected chi connectivity index (χ0v) is 11.0. The highest BCUT2D eigenvalue weighted by atomic mass is 16.5. The highest BCUT2D eigenvalue weighted by Gasteiger charge is 2.13. The maximum absolute atomic E-state index is 12.5. The van der Waals surface area contributed by atoms with Crippen molar-refractivity contribution in [2.24, 2.45) is 0 Å². The van der Waals surface area contributed by atoms with Crippen LogP contribution in [-0.4, -0.2) is 31.7 Å². The number of hydrogen-bond acceptors (Lipinski definition) is 5. The predicted octanol–water partition coefficient (Wildman–Crippen LogP) is 1.50. The summed E-state index contributed by atoms with van der Waals surface area (Å²) in [5, 5.41) is 14.0. The largest absolute Gasteiger partial charge is 0.489 e. The standard InChI is InChI=1S/C13H13N5O2/c1-7(2)20-10-5-3-4-8-11(10)14-6-9(12(8)19)13-15-17-18-16-13/h3-7H,1-2H3,(H,14,19)(H,15,16,17,18). The zero-order chi connectivity index (χ0) is 14.1. The van der Waals surface area contributed by atoms with E-state index in [-0.39, 0.29) is 17.4 Å². The van der Waals surface area contributed by atoms with E-state index in [9.17, 15) is 4.79 Å². The van der Waals surface area contributed by atoms with Gasteiger partial charge in [-0.3, -0.25) is 4.79 Å². The zero-order valence-electron chi connectivity index (χ0n) is 11.0. The number of hydrogen-bond donors (Lipinski definition) is 2. The second-order valence-corrected chi connectivity index (χ2v) is 4.61. The van der Waals surface area contributed by atoms with Gasteiger partial charge in [-0.05, 0) is 31.2 Å². The number of rotatable bonds is 3. The average molecular weight is 271 g/mol. The summed E-state index contributed by atoms with van der Waals surface area (Å²) in [6, 6.07) is 5.35. The fourth-order valence-corrected chi connectivity index (χ4v) is 2.02. The Bertz CT molecular complexity index is 792. The van der Waals surface area contributed by atoms with Gasteiger partial charge in [0.2, 0.25) is 11.3 Å². The lowest BCUT2D eigenvalue weighted by Gasteiger charge is -2.12. The van der Waals surface area contributed by atoms with Crippen LogP contribution >= 0.6 is 0 Å². The fourth-order valence-electron chi connectivity index (χ4n) is 2.02. The number of para-hydroxylation sites is 1. The van der Waals surface area contributed by atoms with Crippen LogP contribution in [-0.2, 0) is 0 Å². The maximum Gasteiger partial charge on any atom is 0.210 e. The molecule has 0 saturated heterocycles. The minimum Gasteiger partial charge on any atom is -0.489 e. The van der Waals surface area contributed by atoms with Crippen molar-refractivity contribution < 1.29 is 4.74 Å². The number of H-pyrrole nitrogens is 2. The van der Waals surface area contributed by atoms with Crippen LogP contribution < -0.4 is 10.2 Å². The van der Waals surface area contributed by atoms with Gasteiger partial charge in [-0.2, -0.15) is 5.21 Å². The second kappa shape index (κ2) is 4.76. The monoisotopic (exact) mass is 271 g/mol. The molecule has 2 aromatic heterocycles. The molecule has 7 nitrogen and oxygen atoms in total. The van der Waals surface area contributed by atoms with E-state index in [1.165, 1.54) is 0 Å². The Morgan fingerprint density at radius 2 is 2.15 bits per heavy atom. The van der Waals surface area contributed by atoms with Gasteiger partial charge in [0.25, 0.3) is 0 Å². The van der Waals surface area contributed by atoms with Crippen LogP contribution in [0.1, 0.15) is 13.8 Å². The number of nitrogens with one attached hydrogen (secondary N) is 2. The van der Waals surface area contributed by atoms with Crippen molar-refractivity contribution in [1.82, 2.24) is 25.6 Å². The summed E-state index contributed by atoms with van der Waals surface area (Å²) in [5.41, 5.74) is 0.876. The van der Waals surface area contributed by atoms with Crippen LogP contribution in [0, 0.1) is 0 Å². The molecule has 2 heterocycles. The van der Waals surface area contributed by atoms with Crippen LogP contribution in [0.2, 0.25) is 0 Å². The highest BCUT2D eigenvalue weighted by Crippen LogP contribution is 2.23. The molecule has 0 aliphatic carbocycles. The van der Waals surface area contributed by atoms with Crippen LogP contribution in [0.25, 0.3) is 22.3 Å². The van der Waals surface area contributed by atoms with Gasteiger partial charge in [0.05, 0.1) is 22.6 Å². The SMILES string of the molecule is CC(C)Oc1cccc2c(=O)c(-c3nn[nH]n3)c[nH]c12. The third-order valence-corrected chi connectivity index (χ3v) is 2.83. The normalized spacial score (nSPS) is 11.2. The van der Waals surface area contributed by atoms with E-state index in [2.05, 4.69) is 25.6 Å². The fraction of sp³-hybridized carbons (Fsp3) is 0.231. The number of nitrogens with zero attached hydrogens (tertiary/aromatic N) is 3. The lowest BCUT2D eigenvalue weighted by atomic mass is 10.1. The number of aromatic nitrogens is 5. The second-order valence-electron chi connectivity index (χ2n) is 4.61. The summed E-state index contributed by atoms with van der Waals surface area (Å²) in [7, 11) is 0. The average Bonchev–Trinajstić information content (AvgIpc) is 2.93. The minimum atomic E-state index is -0.158. The molecule has 7 heteroatoms. The van der Waals surface area contributed by atoms with E-state index in [4.69, 9.17) is 4.74 Å². The third kappa shape index (κ3) is 2.03. The highest BCUT2D eigenvalue weighted by molar-refractivity contribution is 5.87. The van der Waals surface area contributed by atoms with E-state index in [1.807, 2.05) is 19.9 Å². The molecule has 0 aliphatic rings. The van der Waals surface area contributed by atoms with Gasteiger partial charge in [-0.1, -0.05) is 6.07 Å². The summed E-state index contributed by atoms with van der Waals surface area (Å²) >= 11 is 0. The van der Waals surface area contributed by atoms with Gasteiger partial charge in [0.15, 0.2) is 0 Å². The number of ether oxygens (including phenoxy) is 1. The van der Waals surface area contributed by atoms with Crippen LogP contribution in [0.3, 0.4) is 0 Å². The van der Waals surface area contributed by atoms with Gasteiger partial charge in [-0.25, -0.2) is 0 Å². The topological polar surface area (TPSA) is 96.6 Å². The Morgan fingerprint density at radius 3 is 2.85 bits per heavy atom. The third-order valence-electron chi connectivity index (χ3n) is 2.83. The van der Waals surface area contributed by atoms with Crippen molar-refractivity contribution in [3.8, 4) is 17.1 Å². The van der Waals surface area contributed by atoms with Crippen molar-refractivity contribution in [3.63, 3.8) is 0 Å². The molecule has 0 fully saturated rings. The van der Waals surface area contributed by atoms with E-state index in [0.717, 1.165) is 0 Å². The van der Waals surface area contributed by atoms with Gasteiger partial charge in [-0.15, -0.1) is 10.2 Å². The molecule has 0 saturated carbocycles. The molecular formula is C13H13N5O2. The van der Waals surface area contributed by atoms with Crippen molar-refractivity contribution in [3.05, 3.63) is 34.6 Å². The molecule has 0 radical (unpaired) electrons. The van der Waals surface area contributed by atoms with Gasteiger partial charge >= 0.3 is 0 Å². The van der Waals surface area contributed by atoms with E-state index < -0.39 is 0 Å². The predicted molar refractivity (Wildman–Crippen MR) is 73.5 cm³/mol. The quantitative estimate of drug-likeness (QED) is 0.752. The van der Waals surface area contributed by atoms with Gasteiger partial charge in [0, 0.05) is 6.20 Å². The first-order valence-corrected chi connectivity index (χ1v) is 6.21. The van der Waals surface area contributed by atoms with E-state index in [0.29, 0.717) is 22.2 Å². The van der Waals surface area contributed by atoms with Crippen LogP contribution in [0.5, 0.6) is 5.75 Å². The molecule has 3 aromatic rings. The molecule has 102 valence electrons. The molecule has 0 atom stereocenters. The summed E-state index contributed by atoms with van der Waals surface area (Å²) in [4.78, 5) is 15.5. The first-order chi connectivity index (χ1) is 9.66. The molecule has 0 bridgehead atoms. The van der Waals surface area contributed by atoms with Crippen molar-refractivity contribution in [2.75, 3.05) is 0 Å². The first kappa shape index (κ1) is 12.3. The molecule has 0 unspecified atom stereocenters. The lowest BCUT2D eigenvalue weighted by Crippen LogP contribution is -2.10. The molecule has 1 aromatic carbocycles. The van der Waals surface area contributed by atoms with E-state index >= 15 is 0 Å². The van der Waals surface area contributed by atoms with Gasteiger partial charge in [0.1, 0.15) is 5.75 Å². The molecule has 0 amide bonds.